The number of benzene rings is 2. The molecule has 1 heterocycles. The van der Waals surface area contributed by atoms with Gasteiger partial charge < -0.3 is 10.1 Å². The smallest absolute Gasteiger partial charge is 0.338 e. The highest BCUT2D eigenvalue weighted by molar-refractivity contribution is 7.89. The maximum Gasteiger partial charge on any atom is 0.338 e. The molecule has 3 rings (SSSR count). The molecule has 1 fully saturated rings. The lowest BCUT2D eigenvalue weighted by atomic mass is 10.2. The summed E-state index contributed by atoms with van der Waals surface area (Å²) in [5.74, 6) is -1.66. The summed E-state index contributed by atoms with van der Waals surface area (Å²) in [5, 5.41) is 13.2. The molecule has 1 aliphatic heterocycles. The zero-order valence-corrected chi connectivity index (χ0v) is 17.7. The maximum atomic E-state index is 12.6. The van der Waals surface area contributed by atoms with E-state index < -0.39 is 33.4 Å². The second kappa shape index (κ2) is 9.41. The van der Waals surface area contributed by atoms with Crippen molar-refractivity contribution in [3.8, 4) is 0 Å². The predicted molar refractivity (Wildman–Crippen MR) is 111 cm³/mol. The van der Waals surface area contributed by atoms with Crippen molar-refractivity contribution in [2.75, 3.05) is 25.0 Å². The average molecular weight is 468 g/mol. The molecule has 0 unspecified atom stereocenters. The van der Waals surface area contributed by atoms with Crippen LogP contribution >= 0.6 is 11.6 Å². The van der Waals surface area contributed by atoms with Gasteiger partial charge in [0.25, 0.3) is 11.6 Å². The highest BCUT2D eigenvalue weighted by Crippen LogP contribution is 2.26. The number of carbonyl (C=O) groups is 2. The summed E-state index contributed by atoms with van der Waals surface area (Å²) in [5.41, 5.74) is -0.301. The quantitative estimate of drug-likeness (QED) is 0.375. The Bertz CT molecular complexity index is 1130. The van der Waals surface area contributed by atoms with Gasteiger partial charge in [-0.25, -0.2) is 13.2 Å². The molecule has 2 aromatic carbocycles. The molecule has 0 spiro atoms. The first kappa shape index (κ1) is 22.7. The van der Waals surface area contributed by atoms with Crippen LogP contribution in [-0.4, -0.2) is 49.2 Å². The van der Waals surface area contributed by atoms with Crippen LogP contribution in [0.15, 0.2) is 47.4 Å². The summed E-state index contributed by atoms with van der Waals surface area (Å²) < 4.78 is 31.6. The summed E-state index contributed by atoms with van der Waals surface area (Å²) >= 11 is 5.91. The third-order valence-corrected chi connectivity index (χ3v) is 6.77. The lowest BCUT2D eigenvalue weighted by molar-refractivity contribution is -0.384. The van der Waals surface area contributed by atoms with Crippen LogP contribution in [0.25, 0.3) is 0 Å². The van der Waals surface area contributed by atoms with E-state index in [2.05, 4.69) is 5.32 Å². The van der Waals surface area contributed by atoms with Gasteiger partial charge in [-0.15, -0.1) is 0 Å². The molecule has 1 amide bonds. The summed E-state index contributed by atoms with van der Waals surface area (Å²) in [4.78, 5) is 34.5. The van der Waals surface area contributed by atoms with Gasteiger partial charge in [0, 0.05) is 25.2 Å². The van der Waals surface area contributed by atoms with Crippen LogP contribution in [0.5, 0.6) is 0 Å². The molecule has 0 aliphatic carbocycles. The van der Waals surface area contributed by atoms with Crippen molar-refractivity contribution in [3.05, 3.63) is 63.2 Å². The summed E-state index contributed by atoms with van der Waals surface area (Å²) in [6.45, 7) is 0.162. The largest absolute Gasteiger partial charge is 0.452 e. The first-order chi connectivity index (χ1) is 14.7. The molecule has 12 heteroatoms. The van der Waals surface area contributed by atoms with Gasteiger partial charge in [0.05, 0.1) is 26.1 Å². The monoisotopic (exact) mass is 467 g/mol. The van der Waals surface area contributed by atoms with Crippen molar-refractivity contribution in [2.45, 2.75) is 17.7 Å². The molecule has 1 aliphatic rings. The number of hydrogen-bond donors (Lipinski definition) is 1. The third-order valence-electron chi connectivity index (χ3n) is 4.54. The molecular formula is C19H18ClN3O7S. The fourth-order valence-corrected chi connectivity index (χ4v) is 4.71. The van der Waals surface area contributed by atoms with Gasteiger partial charge in [-0.2, -0.15) is 4.31 Å². The number of rotatable bonds is 7. The Morgan fingerprint density at radius 1 is 1.16 bits per heavy atom. The van der Waals surface area contributed by atoms with Crippen LogP contribution in [0.2, 0.25) is 5.02 Å². The van der Waals surface area contributed by atoms with Crippen LogP contribution in [0, 0.1) is 10.1 Å². The average Bonchev–Trinajstić information content (AvgIpc) is 3.29. The number of esters is 1. The molecule has 0 radical (unpaired) electrons. The lowest BCUT2D eigenvalue weighted by Crippen LogP contribution is -2.28. The number of halogens is 1. The van der Waals surface area contributed by atoms with E-state index in [0.717, 1.165) is 18.9 Å². The van der Waals surface area contributed by atoms with E-state index in [1.807, 2.05) is 0 Å². The number of nitrogens with one attached hydrogen (secondary N) is 1. The summed E-state index contributed by atoms with van der Waals surface area (Å²) in [7, 11) is -3.71. The Morgan fingerprint density at radius 2 is 1.87 bits per heavy atom. The van der Waals surface area contributed by atoms with Crippen LogP contribution in [-0.2, 0) is 19.6 Å². The number of nitro benzene ring substituents is 1. The van der Waals surface area contributed by atoms with Crippen LogP contribution in [0.1, 0.15) is 23.2 Å². The van der Waals surface area contributed by atoms with Crippen LogP contribution < -0.4 is 5.32 Å². The highest BCUT2D eigenvalue weighted by Gasteiger charge is 2.27. The number of sulfonamides is 1. The van der Waals surface area contributed by atoms with Gasteiger partial charge in [0.15, 0.2) is 6.61 Å². The number of hydrogen-bond acceptors (Lipinski definition) is 7. The molecule has 2 aromatic rings. The van der Waals surface area contributed by atoms with Crippen LogP contribution in [0.4, 0.5) is 11.4 Å². The molecule has 31 heavy (non-hydrogen) atoms. The minimum Gasteiger partial charge on any atom is -0.452 e. The van der Waals surface area contributed by atoms with Crippen molar-refractivity contribution in [2.24, 2.45) is 0 Å². The van der Waals surface area contributed by atoms with E-state index in [1.165, 1.54) is 40.7 Å². The second-order valence-electron chi connectivity index (χ2n) is 6.68. The lowest BCUT2D eigenvalue weighted by Gasteiger charge is -2.15. The normalized spacial score (nSPS) is 14.2. The van der Waals surface area contributed by atoms with Crippen molar-refractivity contribution in [1.29, 1.82) is 0 Å². The fourth-order valence-electron chi connectivity index (χ4n) is 2.98. The SMILES string of the molecule is O=C(COC(=O)c1cccc(S(=O)(=O)N2CCCC2)c1)Nc1cc([N+](=O)[O-])ccc1Cl. The Morgan fingerprint density at radius 3 is 2.55 bits per heavy atom. The zero-order chi connectivity index (χ0) is 22.6. The third kappa shape index (κ3) is 5.37. The van der Waals surface area contributed by atoms with Crippen molar-refractivity contribution in [3.63, 3.8) is 0 Å². The number of carbonyl (C=O) groups excluding carboxylic acids is 2. The minimum atomic E-state index is -3.71. The number of nitro groups is 1. The Balaban J connectivity index is 1.64. The fraction of sp³-hybridized carbons (Fsp3) is 0.263. The topological polar surface area (TPSA) is 136 Å². The number of amides is 1. The van der Waals surface area contributed by atoms with Crippen molar-refractivity contribution >= 4 is 44.9 Å². The molecule has 0 aromatic heterocycles. The van der Waals surface area contributed by atoms with Gasteiger partial charge in [-0.05, 0) is 37.1 Å². The van der Waals surface area contributed by atoms with Crippen LogP contribution in [0.3, 0.4) is 0 Å². The van der Waals surface area contributed by atoms with Gasteiger partial charge in [-0.1, -0.05) is 17.7 Å². The maximum absolute atomic E-state index is 12.6. The van der Waals surface area contributed by atoms with Crippen molar-refractivity contribution < 1.29 is 27.7 Å². The first-order valence-electron chi connectivity index (χ1n) is 9.19. The Labute approximate surface area is 183 Å². The molecule has 1 saturated heterocycles. The Kier molecular flexibility index (Phi) is 6.88. The van der Waals surface area contributed by atoms with Crippen molar-refractivity contribution in [1.82, 2.24) is 4.31 Å². The van der Waals surface area contributed by atoms with Gasteiger partial charge >= 0.3 is 5.97 Å². The molecule has 10 nitrogen and oxygen atoms in total. The Hall–Kier alpha value is -3.02. The number of ether oxygens (including phenoxy) is 1. The van der Waals surface area contributed by atoms with E-state index in [0.29, 0.717) is 13.1 Å². The molecule has 0 atom stereocenters. The number of anilines is 1. The van der Waals surface area contributed by atoms with E-state index in [9.17, 15) is 28.1 Å². The highest BCUT2D eigenvalue weighted by atomic mass is 35.5. The zero-order valence-electron chi connectivity index (χ0n) is 16.1. The molecule has 0 bridgehead atoms. The van der Waals surface area contributed by atoms with Gasteiger partial charge in [0.2, 0.25) is 10.0 Å². The van der Waals surface area contributed by atoms with E-state index >= 15 is 0 Å². The summed E-state index contributed by atoms with van der Waals surface area (Å²) in [6, 6.07) is 8.90. The molecular weight excluding hydrogens is 450 g/mol. The standard InChI is InChI=1S/C19H18ClN3O7S/c20-16-7-6-14(23(26)27)11-17(16)21-18(24)12-30-19(25)13-4-3-5-15(10-13)31(28,29)22-8-1-2-9-22/h3-7,10-11H,1-2,8-9,12H2,(H,21,24). The van der Waals surface area contributed by atoms with Gasteiger partial charge in [0.1, 0.15) is 0 Å². The van der Waals surface area contributed by atoms with E-state index in [-0.39, 0.29) is 26.9 Å². The van der Waals surface area contributed by atoms with E-state index in [1.54, 1.807) is 0 Å². The number of non-ortho nitro benzene ring substituents is 1. The summed E-state index contributed by atoms with van der Waals surface area (Å²) in [6.07, 6.45) is 1.56. The first-order valence-corrected chi connectivity index (χ1v) is 11.0. The van der Waals surface area contributed by atoms with E-state index in [4.69, 9.17) is 16.3 Å². The molecule has 1 N–H and O–H groups in total. The second-order valence-corrected chi connectivity index (χ2v) is 9.03. The molecule has 164 valence electrons. The molecule has 0 saturated carbocycles. The predicted octanol–water partition coefficient (Wildman–Crippen LogP) is 2.83. The minimum absolute atomic E-state index is 0.00406. The van der Waals surface area contributed by atoms with Gasteiger partial charge in [-0.3, -0.25) is 14.9 Å². The number of nitrogens with zero attached hydrogens (tertiary/aromatic N) is 2.